The molecule has 0 aromatic carbocycles. The van der Waals surface area contributed by atoms with E-state index >= 15 is 0 Å². The highest BCUT2D eigenvalue weighted by molar-refractivity contribution is 7.89. The maximum atomic E-state index is 14.6. The lowest BCUT2D eigenvalue weighted by atomic mass is 9.33. The van der Waals surface area contributed by atoms with Crippen molar-refractivity contribution >= 4 is 21.6 Å². The molecule has 0 saturated heterocycles. The Hall–Kier alpha value is -2.74. The van der Waals surface area contributed by atoms with Crippen molar-refractivity contribution < 1.29 is 23.1 Å². The molecule has 6 rings (SSSR count). The van der Waals surface area contributed by atoms with Crippen LogP contribution < -0.4 is 4.72 Å². The molecule has 3 fully saturated rings. The van der Waals surface area contributed by atoms with Gasteiger partial charge < -0.3 is 5.11 Å². The first-order chi connectivity index (χ1) is 20.2. The number of ketones is 2. The fourth-order valence-corrected chi connectivity index (χ4v) is 12.0. The molecule has 1 heterocycles. The SMILES string of the molecule is CC1(C)C(=O)C(C#N)=C[C@]2(C)C3=CC(=O)[C@]4(O)[C@@H]5C[C@@](C)(NS(=O)(=O)c6ccnnc6)CC[C@]5(C)CC[C@@]4(C)[C@]3(C)CC[C@@H]12. The van der Waals surface area contributed by atoms with E-state index in [-0.39, 0.29) is 33.4 Å². The van der Waals surface area contributed by atoms with Crippen molar-refractivity contribution in [3.63, 3.8) is 0 Å². The molecule has 2 N–H and O–H groups in total. The second-order valence-electron chi connectivity index (χ2n) is 16.1. The van der Waals surface area contributed by atoms with Crippen LogP contribution in [0, 0.1) is 50.2 Å². The molecule has 9 nitrogen and oxygen atoms in total. The van der Waals surface area contributed by atoms with Crippen molar-refractivity contribution in [2.75, 3.05) is 0 Å². The summed E-state index contributed by atoms with van der Waals surface area (Å²) in [6, 6.07) is 3.53. The van der Waals surface area contributed by atoms with Crippen LogP contribution >= 0.6 is 0 Å². The number of fused-ring (bicyclic) bond motifs is 7. The van der Waals surface area contributed by atoms with Gasteiger partial charge in [-0.15, -0.1) is 0 Å². The van der Waals surface area contributed by atoms with Gasteiger partial charge in [-0.25, -0.2) is 13.1 Å². The van der Waals surface area contributed by atoms with Crippen LogP contribution in [0.3, 0.4) is 0 Å². The van der Waals surface area contributed by atoms with Gasteiger partial charge in [0.05, 0.1) is 18.0 Å². The predicted octanol–water partition coefficient (Wildman–Crippen LogP) is 4.84. The Bertz CT molecular complexity index is 1680. The fraction of sp³-hybridized carbons (Fsp3) is 0.676. The maximum absolute atomic E-state index is 14.6. The van der Waals surface area contributed by atoms with Crippen LogP contribution in [-0.2, 0) is 19.6 Å². The molecule has 1 aromatic rings. The molecule has 8 atom stereocenters. The van der Waals surface area contributed by atoms with Crippen LogP contribution in [0.2, 0.25) is 0 Å². The van der Waals surface area contributed by atoms with Gasteiger partial charge in [-0.05, 0) is 86.3 Å². The van der Waals surface area contributed by atoms with E-state index in [2.05, 4.69) is 41.8 Å². The Morgan fingerprint density at radius 2 is 1.66 bits per heavy atom. The normalized spacial score (nSPS) is 44.6. The number of allylic oxidation sites excluding steroid dienone is 3. The number of nitrogens with zero attached hydrogens (tertiary/aromatic N) is 3. The number of rotatable bonds is 3. The van der Waals surface area contributed by atoms with E-state index < -0.39 is 48.7 Å². The summed E-state index contributed by atoms with van der Waals surface area (Å²) >= 11 is 0. The minimum Gasteiger partial charge on any atom is -0.381 e. The van der Waals surface area contributed by atoms with E-state index in [9.17, 15) is 28.4 Å². The number of nitrogens with one attached hydrogen (secondary N) is 1. The molecule has 0 spiro atoms. The topological polar surface area (TPSA) is 150 Å². The molecule has 0 amide bonds. The molecular weight excluding hydrogens is 576 g/mol. The molecule has 5 aliphatic rings. The van der Waals surface area contributed by atoms with E-state index in [1.54, 1.807) is 12.2 Å². The van der Waals surface area contributed by atoms with Crippen LogP contribution in [0.1, 0.15) is 93.4 Å². The van der Waals surface area contributed by atoms with Crippen molar-refractivity contribution in [1.82, 2.24) is 14.9 Å². The molecule has 44 heavy (non-hydrogen) atoms. The summed E-state index contributed by atoms with van der Waals surface area (Å²) in [6.45, 7) is 14.1. The monoisotopic (exact) mass is 620 g/mol. The van der Waals surface area contributed by atoms with Crippen LogP contribution in [0.25, 0.3) is 0 Å². The van der Waals surface area contributed by atoms with E-state index in [1.807, 2.05) is 27.7 Å². The van der Waals surface area contributed by atoms with Gasteiger partial charge in [0.2, 0.25) is 10.0 Å². The Morgan fingerprint density at radius 1 is 0.977 bits per heavy atom. The van der Waals surface area contributed by atoms with Crippen LogP contribution in [-0.4, -0.2) is 46.4 Å². The Balaban J connectivity index is 1.46. The number of sulfonamides is 1. The third-order valence-corrected chi connectivity index (χ3v) is 15.1. The average Bonchev–Trinajstić information content (AvgIpc) is 2.95. The second-order valence-corrected chi connectivity index (χ2v) is 17.8. The van der Waals surface area contributed by atoms with Gasteiger partial charge in [0.1, 0.15) is 16.6 Å². The largest absolute Gasteiger partial charge is 0.381 e. The van der Waals surface area contributed by atoms with E-state index in [4.69, 9.17) is 0 Å². The number of aromatic nitrogens is 2. The van der Waals surface area contributed by atoms with Crippen molar-refractivity contribution in [2.45, 2.75) is 109 Å². The Labute approximate surface area is 260 Å². The maximum Gasteiger partial charge on any atom is 0.242 e. The predicted molar refractivity (Wildman–Crippen MR) is 163 cm³/mol. The molecule has 5 aliphatic carbocycles. The summed E-state index contributed by atoms with van der Waals surface area (Å²) in [5.41, 5.74) is -4.86. The summed E-state index contributed by atoms with van der Waals surface area (Å²) in [6.07, 6.45) is 10.4. The Kier molecular flexibility index (Phi) is 6.51. The van der Waals surface area contributed by atoms with E-state index in [0.29, 0.717) is 32.1 Å². The highest BCUT2D eigenvalue weighted by atomic mass is 32.2. The summed E-state index contributed by atoms with van der Waals surface area (Å²) in [7, 11) is -3.92. The molecule has 0 radical (unpaired) electrons. The zero-order chi connectivity index (χ0) is 32.4. The molecule has 1 aromatic heterocycles. The Morgan fingerprint density at radius 3 is 2.30 bits per heavy atom. The molecular formula is C34H44N4O5S. The number of aliphatic hydroxyl groups is 1. The van der Waals surface area contributed by atoms with Crippen molar-refractivity contribution in [2.24, 2.45) is 38.9 Å². The average molecular weight is 621 g/mol. The van der Waals surface area contributed by atoms with E-state index in [1.165, 1.54) is 18.5 Å². The van der Waals surface area contributed by atoms with Crippen LogP contribution in [0.5, 0.6) is 0 Å². The summed E-state index contributed by atoms with van der Waals surface area (Å²) in [4.78, 5) is 27.9. The quantitative estimate of drug-likeness (QED) is 0.487. The van der Waals surface area contributed by atoms with Gasteiger partial charge in [0, 0.05) is 27.7 Å². The van der Waals surface area contributed by atoms with Gasteiger partial charge in [0.25, 0.3) is 0 Å². The summed E-state index contributed by atoms with van der Waals surface area (Å²) in [5, 5.41) is 30.4. The van der Waals surface area contributed by atoms with Crippen molar-refractivity contribution in [3.05, 3.63) is 41.8 Å². The minimum atomic E-state index is -3.92. The molecule has 0 aliphatic heterocycles. The number of hydrogen-bond donors (Lipinski definition) is 2. The van der Waals surface area contributed by atoms with Gasteiger partial charge in [-0.3, -0.25) is 9.59 Å². The first kappa shape index (κ1) is 31.3. The van der Waals surface area contributed by atoms with E-state index in [0.717, 1.165) is 18.4 Å². The molecule has 0 unspecified atom stereocenters. The number of hydrogen-bond acceptors (Lipinski definition) is 8. The smallest absolute Gasteiger partial charge is 0.242 e. The van der Waals surface area contributed by atoms with Gasteiger partial charge in [-0.2, -0.15) is 15.5 Å². The zero-order valence-corrected chi connectivity index (χ0v) is 27.6. The lowest BCUT2D eigenvalue weighted by molar-refractivity contribution is -0.239. The zero-order valence-electron chi connectivity index (χ0n) is 26.8. The molecule has 3 saturated carbocycles. The number of Topliss-reactive ketones (excluding diaryl/α,β-unsaturated/α-hetero) is 1. The van der Waals surface area contributed by atoms with Gasteiger partial charge in [0.15, 0.2) is 11.6 Å². The number of carbonyl (C=O) groups excluding carboxylic acids is 2. The first-order valence-corrected chi connectivity index (χ1v) is 17.2. The van der Waals surface area contributed by atoms with Crippen LogP contribution in [0.15, 0.2) is 46.7 Å². The molecule has 0 bridgehead atoms. The van der Waals surface area contributed by atoms with Gasteiger partial charge >= 0.3 is 0 Å². The minimum absolute atomic E-state index is 0.0202. The lowest BCUT2D eigenvalue weighted by Gasteiger charge is -2.71. The third-order valence-electron chi connectivity index (χ3n) is 13.5. The highest BCUT2D eigenvalue weighted by Crippen LogP contribution is 2.75. The standard InChI is InChI=1S/C34H44N4O5S/c1-28(2)23-8-10-32(6)24(31(23,5)17-21(19-35)27(28)40)16-26(39)34(41)25-18-30(4,13-11-29(25,3)12-14-33(32,34)7)38-44(42,43)22-9-15-36-37-20-22/h9,15-17,20,23,25,38,41H,8,10-14,18H2,1-7H3/t23-,25+,29+,30-,31-,32+,33-,34+/m0/s1. The number of carbonyl (C=O) groups is 2. The van der Waals surface area contributed by atoms with Crippen molar-refractivity contribution in [3.8, 4) is 6.07 Å². The van der Waals surface area contributed by atoms with Gasteiger partial charge in [-0.1, -0.05) is 47.6 Å². The van der Waals surface area contributed by atoms with Crippen molar-refractivity contribution in [1.29, 1.82) is 5.26 Å². The lowest BCUT2D eigenvalue weighted by Crippen LogP contribution is -2.74. The summed E-state index contributed by atoms with van der Waals surface area (Å²) < 4.78 is 29.7. The summed E-state index contributed by atoms with van der Waals surface area (Å²) in [5.74, 6) is -1.09. The first-order valence-electron chi connectivity index (χ1n) is 15.7. The fourth-order valence-electron chi connectivity index (χ4n) is 10.7. The van der Waals surface area contributed by atoms with Crippen LogP contribution in [0.4, 0.5) is 0 Å². The molecule has 10 heteroatoms. The second kappa shape index (κ2) is 9.17. The number of nitriles is 1. The third kappa shape index (κ3) is 3.78. The molecule has 236 valence electrons. The highest BCUT2D eigenvalue weighted by Gasteiger charge is 2.75.